The molecule has 2 aromatic rings. The number of carbonyl (C=O) groups excluding carboxylic acids is 1. The van der Waals surface area contributed by atoms with E-state index >= 15 is 0 Å². The Kier molecular flexibility index (Phi) is 4.71. The fourth-order valence-corrected chi connectivity index (χ4v) is 3.18. The first-order chi connectivity index (χ1) is 11.8. The van der Waals surface area contributed by atoms with Crippen LogP contribution < -0.4 is 14.8 Å². The average molecular weight is 339 g/mol. The summed E-state index contributed by atoms with van der Waals surface area (Å²) in [5, 5.41) is 3.09. The van der Waals surface area contributed by atoms with Crippen LogP contribution in [-0.2, 0) is 4.79 Å². The summed E-state index contributed by atoms with van der Waals surface area (Å²) in [6.07, 6.45) is 0.721. The molecule has 0 radical (unpaired) electrons. The van der Waals surface area contributed by atoms with Gasteiger partial charge in [-0.25, -0.2) is 0 Å². The van der Waals surface area contributed by atoms with Gasteiger partial charge in [0.1, 0.15) is 17.1 Å². The van der Waals surface area contributed by atoms with E-state index in [0.29, 0.717) is 5.75 Å². The summed E-state index contributed by atoms with van der Waals surface area (Å²) in [6.45, 7) is 8.12. The molecule has 3 rings (SSSR count). The van der Waals surface area contributed by atoms with Crippen LogP contribution in [0.2, 0.25) is 0 Å². The molecule has 4 heteroatoms. The molecular formula is C21H25NO3. The number of hydrogen-bond donors (Lipinski definition) is 1. The van der Waals surface area contributed by atoms with Gasteiger partial charge in [0.15, 0.2) is 6.61 Å². The predicted molar refractivity (Wildman–Crippen MR) is 98.1 cm³/mol. The molecule has 0 bridgehead atoms. The molecular weight excluding hydrogens is 314 g/mol. The fourth-order valence-electron chi connectivity index (χ4n) is 3.18. The Labute approximate surface area is 149 Å². The van der Waals surface area contributed by atoms with Gasteiger partial charge < -0.3 is 14.8 Å². The smallest absolute Gasteiger partial charge is 0.258 e. The van der Waals surface area contributed by atoms with Crippen LogP contribution in [-0.4, -0.2) is 18.1 Å². The van der Waals surface area contributed by atoms with Gasteiger partial charge in [0.2, 0.25) is 0 Å². The second-order valence-electron chi connectivity index (χ2n) is 7.33. The van der Waals surface area contributed by atoms with Crippen molar-refractivity contribution < 1.29 is 14.3 Å². The van der Waals surface area contributed by atoms with Crippen molar-refractivity contribution in [2.45, 2.75) is 45.8 Å². The Morgan fingerprint density at radius 1 is 1.20 bits per heavy atom. The van der Waals surface area contributed by atoms with Crippen molar-refractivity contribution in [2.75, 3.05) is 6.61 Å². The van der Waals surface area contributed by atoms with Crippen LogP contribution in [0.1, 0.15) is 43.0 Å². The standard InChI is InChI=1S/C21H25NO3/c1-14-6-5-7-16(10-14)24-13-20(23)22-18-12-21(3,4)25-19-11-15(2)8-9-17(18)19/h5-11,18H,12-13H2,1-4H3,(H,22,23). The van der Waals surface area contributed by atoms with Gasteiger partial charge in [-0.15, -0.1) is 0 Å². The molecule has 0 saturated heterocycles. The average Bonchev–Trinajstić information content (AvgIpc) is 2.51. The first kappa shape index (κ1) is 17.3. The lowest BCUT2D eigenvalue weighted by Gasteiger charge is -2.38. The molecule has 1 heterocycles. The zero-order chi connectivity index (χ0) is 18.0. The largest absolute Gasteiger partial charge is 0.487 e. The first-order valence-electron chi connectivity index (χ1n) is 8.61. The van der Waals surface area contributed by atoms with Gasteiger partial charge in [-0.2, -0.15) is 0 Å². The molecule has 4 nitrogen and oxygen atoms in total. The van der Waals surface area contributed by atoms with Crippen molar-refractivity contribution >= 4 is 5.91 Å². The van der Waals surface area contributed by atoms with Gasteiger partial charge in [-0.3, -0.25) is 4.79 Å². The molecule has 1 unspecified atom stereocenters. The number of benzene rings is 2. The van der Waals surface area contributed by atoms with Gasteiger partial charge in [0.05, 0.1) is 6.04 Å². The van der Waals surface area contributed by atoms with Gasteiger partial charge in [0, 0.05) is 12.0 Å². The van der Waals surface area contributed by atoms with Crippen molar-refractivity contribution in [1.82, 2.24) is 5.32 Å². The summed E-state index contributed by atoms with van der Waals surface area (Å²) in [5.41, 5.74) is 2.95. The highest BCUT2D eigenvalue weighted by Gasteiger charge is 2.34. The predicted octanol–water partition coefficient (Wildman–Crippen LogP) is 4.10. The van der Waals surface area contributed by atoms with Crippen molar-refractivity contribution in [1.29, 1.82) is 0 Å². The molecule has 1 aliphatic rings. The molecule has 0 aliphatic carbocycles. The summed E-state index contributed by atoms with van der Waals surface area (Å²) in [4.78, 5) is 12.4. The number of fused-ring (bicyclic) bond motifs is 1. The molecule has 0 aromatic heterocycles. The third-order valence-corrected chi connectivity index (χ3v) is 4.32. The molecule has 0 saturated carbocycles. The van der Waals surface area contributed by atoms with E-state index in [1.54, 1.807) is 0 Å². The maximum Gasteiger partial charge on any atom is 0.258 e. The quantitative estimate of drug-likeness (QED) is 0.912. The van der Waals surface area contributed by atoms with Gasteiger partial charge in [0.25, 0.3) is 5.91 Å². The van der Waals surface area contributed by atoms with Crippen LogP contribution in [0, 0.1) is 13.8 Å². The summed E-state index contributed by atoms with van der Waals surface area (Å²) in [7, 11) is 0. The van der Waals surface area contributed by atoms with Crippen LogP contribution in [0.15, 0.2) is 42.5 Å². The summed E-state index contributed by atoms with van der Waals surface area (Å²) in [6, 6.07) is 13.7. The van der Waals surface area contributed by atoms with Gasteiger partial charge >= 0.3 is 0 Å². The Morgan fingerprint density at radius 3 is 2.72 bits per heavy atom. The maximum absolute atomic E-state index is 12.4. The maximum atomic E-state index is 12.4. The topological polar surface area (TPSA) is 47.6 Å². The second-order valence-corrected chi connectivity index (χ2v) is 7.33. The highest BCUT2D eigenvalue weighted by atomic mass is 16.5. The van der Waals surface area contributed by atoms with E-state index in [2.05, 4.69) is 5.32 Å². The Bertz CT molecular complexity index is 782. The van der Waals surface area contributed by atoms with Crippen LogP contribution in [0.5, 0.6) is 11.5 Å². The SMILES string of the molecule is Cc1cccc(OCC(=O)NC2CC(C)(C)Oc3cc(C)ccc32)c1. The van der Waals surface area contributed by atoms with Crippen molar-refractivity contribution in [3.05, 3.63) is 59.2 Å². The fraction of sp³-hybridized carbons (Fsp3) is 0.381. The Hall–Kier alpha value is -2.49. The Morgan fingerprint density at radius 2 is 1.96 bits per heavy atom. The third kappa shape index (κ3) is 4.32. The summed E-state index contributed by atoms with van der Waals surface area (Å²) in [5.74, 6) is 1.43. The number of rotatable bonds is 4. The molecule has 1 amide bonds. The third-order valence-electron chi connectivity index (χ3n) is 4.32. The van der Waals surface area contributed by atoms with E-state index in [1.165, 1.54) is 0 Å². The monoisotopic (exact) mass is 339 g/mol. The lowest BCUT2D eigenvalue weighted by atomic mass is 9.89. The van der Waals surface area contributed by atoms with Crippen molar-refractivity contribution in [2.24, 2.45) is 0 Å². The van der Waals surface area contributed by atoms with Crippen molar-refractivity contribution in [3.63, 3.8) is 0 Å². The molecule has 1 N–H and O–H groups in total. The molecule has 0 fully saturated rings. The van der Waals surface area contributed by atoms with Crippen LogP contribution in [0.25, 0.3) is 0 Å². The summed E-state index contributed by atoms with van der Waals surface area (Å²) >= 11 is 0. The first-order valence-corrected chi connectivity index (χ1v) is 8.61. The number of carbonyl (C=O) groups is 1. The minimum atomic E-state index is -0.323. The van der Waals surface area contributed by atoms with E-state index in [0.717, 1.165) is 28.9 Å². The molecule has 0 spiro atoms. The highest BCUT2D eigenvalue weighted by molar-refractivity contribution is 5.78. The van der Waals surface area contributed by atoms with Gasteiger partial charge in [-0.05, 0) is 57.0 Å². The number of hydrogen-bond acceptors (Lipinski definition) is 3. The van der Waals surface area contributed by atoms with Gasteiger partial charge in [-0.1, -0.05) is 24.3 Å². The van der Waals surface area contributed by atoms with Crippen LogP contribution in [0.3, 0.4) is 0 Å². The normalized spacial score (nSPS) is 18.0. The number of ether oxygens (including phenoxy) is 2. The molecule has 25 heavy (non-hydrogen) atoms. The minimum absolute atomic E-state index is 0.00241. The molecule has 1 atom stereocenters. The highest BCUT2D eigenvalue weighted by Crippen LogP contribution is 2.39. The lowest BCUT2D eigenvalue weighted by molar-refractivity contribution is -0.124. The van der Waals surface area contributed by atoms with Crippen molar-refractivity contribution in [3.8, 4) is 11.5 Å². The number of amides is 1. The van der Waals surface area contributed by atoms with E-state index in [1.807, 2.05) is 70.2 Å². The molecule has 1 aliphatic heterocycles. The number of aryl methyl sites for hydroxylation is 2. The molecule has 2 aromatic carbocycles. The van der Waals surface area contributed by atoms with E-state index in [4.69, 9.17) is 9.47 Å². The second kappa shape index (κ2) is 6.79. The minimum Gasteiger partial charge on any atom is -0.487 e. The Balaban J connectivity index is 1.68. The van der Waals surface area contributed by atoms with Crippen LogP contribution in [0.4, 0.5) is 0 Å². The number of nitrogens with one attached hydrogen (secondary N) is 1. The van der Waals surface area contributed by atoms with E-state index < -0.39 is 0 Å². The lowest BCUT2D eigenvalue weighted by Crippen LogP contribution is -2.42. The van der Waals surface area contributed by atoms with E-state index in [-0.39, 0.29) is 24.2 Å². The summed E-state index contributed by atoms with van der Waals surface area (Å²) < 4.78 is 11.7. The van der Waals surface area contributed by atoms with Crippen LogP contribution >= 0.6 is 0 Å². The zero-order valence-electron chi connectivity index (χ0n) is 15.3. The molecule has 132 valence electrons. The zero-order valence-corrected chi connectivity index (χ0v) is 15.3. The van der Waals surface area contributed by atoms with E-state index in [9.17, 15) is 4.79 Å².